The van der Waals surface area contributed by atoms with Crippen molar-refractivity contribution in [3.8, 4) is 0 Å². The van der Waals surface area contributed by atoms with Gasteiger partial charge in [-0.1, -0.05) is 0 Å². The van der Waals surface area contributed by atoms with E-state index >= 15 is 0 Å². The zero-order valence-corrected chi connectivity index (χ0v) is 15.8. The van der Waals surface area contributed by atoms with Gasteiger partial charge in [-0.25, -0.2) is 0 Å². The van der Waals surface area contributed by atoms with E-state index in [0.717, 1.165) is 20.8 Å². The van der Waals surface area contributed by atoms with E-state index < -0.39 is 54.8 Å². The highest BCUT2D eigenvalue weighted by atomic mass is 16.6. The van der Waals surface area contributed by atoms with Gasteiger partial charge >= 0.3 is 17.9 Å². The summed E-state index contributed by atoms with van der Waals surface area (Å²) in [6, 6.07) is -1.23. The van der Waals surface area contributed by atoms with Crippen molar-refractivity contribution in [1.29, 1.82) is 0 Å². The standard InChI is InChI=1S/C16H27NO9/c1-9(18)17-13(7-24-10(2)19)15(23-6)16(26-12(4)21)14(8-22-5)25-11(3)20/h13-16H,7-8H2,1-6H3,(H,17,18)/t13-,14+,15+,16+/m0/s1/i7D/t7?,13-,14+,15+,16+. The van der Waals surface area contributed by atoms with Gasteiger partial charge in [-0.05, 0) is 0 Å². The van der Waals surface area contributed by atoms with E-state index in [1.807, 2.05) is 0 Å². The first-order valence-electron chi connectivity index (χ1n) is 8.33. The van der Waals surface area contributed by atoms with E-state index in [4.69, 9.17) is 25.1 Å². The molecule has 0 spiro atoms. The molecule has 0 rings (SSSR count). The van der Waals surface area contributed by atoms with Crippen LogP contribution in [0.3, 0.4) is 0 Å². The van der Waals surface area contributed by atoms with Crippen LogP contribution in [0.15, 0.2) is 0 Å². The van der Waals surface area contributed by atoms with Crippen LogP contribution in [0.25, 0.3) is 0 Å². The van der Waals surface area contributed by atoms with Gasteiger partial charge in [-0.15, -0.1) is 0 Å². The monoisotopic (exact) mass is 378 g/mol. The third-order valence-electron chi connectivity index (χ3n) is 3.02. The first-order chi connectivity index (χ1) is 12.5. The highest BCUT2D eigenvalue weighted by Crippen LogP contribution is 2.17. The van der Waals surface area contributed by atoms with Crippen LogP contribution in [0, 0.1) is 0 Å². The molecule has 0 saturated carbocycles. The third kappa shape index (κ3) is 9.33. The maximum atomic E-state index is 11.6. The molecule has 10 nitrogen and oxygen atoms in total. The average molecular weight is 378 g/mol. The molecule has 0 aliphatic carbocycles. The molecule has 5 atom stereocenters. The van der Waals surface area contributed by atoms with Gasteiger partial charge in [0.15, 0.2) is 12.2 Å². The summed E-state index contributed by atoms with van der Waals surface area (Å²) in [7, 11) is 2.59. The van der Waals surface area contributed by atoms with Crippen LogP contribution in [0.1, 0.15) is 29.1 Å². The fraction of sp³-hybridized carbons (Fsp3) is 0.750. The van der Waals surface area contributed by atoms with Gasteiger partial charge in [0.25, 0.3) is 0 Å². The van der Waals surface area contributed by atoms with Crippen LogP contribution in [0.2, 0.25) is 0 Å². The van der Waals surface area contributed by atoms with Crippen LogP contribution in [-0.4, -0.2) is 75.6 Å². The number of hydrogen-bond acceptors (Lipinski definition) is 9. The number of nitrogens with one attached hydrogen (secondary N) is 1. The maximum Gasteiger partial charge on any atom is 0.303 e. The van der Waals surface area contributed by atoms with Gasteiger partial charge < -0.3 is 29.0 Å². The molecule has 10 heteroatoms. The number of ether oxygens (including phenoxy) is 5. The lowest BCUT2D eigenvalue weighted by atomic mass is 10.0. The minimum absolute atomic E-state index is 0.152. The summed E-state index contributed by atoms with van der Waals surface area (Å²) < 4.78 is 33.6. The average Bonchev–Trinajstić information content (AvgIpc) is 2.51. The summed E-state index contributed by atoms with van der Waals surface area (Å²) in [5.41, 5.74) is 0. The second-order valence-electron chi connectivity index (χ2n) is 5.35. The van der Waals surface area contributed by atoms with Gasteiger partial charge in [0.05, 0.1) is 14.0 Å². The second kappa shape index (κ2) is 12.2. The molecule has 0 bridgehead atoms. The largest absolute Gasteiger partial charge is 0.464 e. The van der Waals surface area contributed by atoms with Crippen molar-refractivity contribution in [3.05, 3.63) is 0 Å². The number of methoxy groups -OCH3 is 2. The van der Waals surface area contributed by atoms with Crippen molar-refractivity contribution in [2.24, 2.45) is 0 Å². The van der Waals surface area contributed by atoms with Crippen molar-refractivity contribution in [2.45, 2.75) is 52.0 Å². The van der Waals surface area contributed by atoms with Gasteiger partial charge in [0.1, 0.15) is 12.7 Å². The Balaban J connectivity index is 5.94. The Morgan fingerprint density at radius 1 is 0.923 bits per heavy atom. The van der Waals surface area contributed by atoms with E-state index in [-0.39, 0.29) is 6.61 Å². The van der Waals surface area contributed by atoms with Crippen LogP contribution in [0.4, 0.5) is 0 Å². The molecule has 0 aromatic carbocycles. The molecule has 0 radical (unpaired) electrons. The molecule has 0 heterocycles. The number of carbonyl (C=O) groups is 4. The summed E-state index contributed by atoms with van der Waals surface area (Å²) in [5.74, 6) is -2.67. The third-order valence-corrected chi connectivity index (χ3v) is 3.02. The molecule has 1 amide bonds. The lowest BCUT2D eigenvalue weighted by Crippen LogP contribution is -2.57. The highest BCUT2D eigenvalue weighted by molar-refractivity contribution is 5.73. The normalized spacial score (nSPS) is 16.9. The molecule has 26 heavy (non-hydrogen) atoms. The second-order valence-corrected chi connectivity index (χ2v) is 5.35. The van der Waals surface area contributed by atoms with E-state index in [1.165, 1.54) is 21.1 Å². The van der Waals surface area contributed by atoms with Gasteiger partial charge in [-0.3, -0.25) is 19.2 Å². The van der Waals surface area contributed by atoms with Crippen LogP contribution < -0.4 is 5.32 Å². The van der Waals surface area contributed by atoms with E-state index in [9.17, 15) is 19.2 Å². The predicted octanol–water partition coefficient (Wildman–Crippen LogP) is -0.421. The summed E-state index contributed by atoms with van der Waals surface area (Å²) >= 11 is 0. The number of amides is 1. The van der Waals surface area contributed by atoms with Crippen LogP contribution in [-0.2, 0) is 42.9 Å². The number of hydrogen-bond donors (Lipinski definition) is 1. The van der Waals surface area contributed by atoms with Crippen LogP contribution >= 0.6 is 0 Å². The SMILES string of the molecule is [2H]C(OC(C)=O)[C@H](NC(C)=O)[C@@H](OC)[C@H](OC(C)=O)[C@@H](COC)OC(C)=O. The molecule has 150 valence electrons. The fourth-order valence-corrected chi connectivity index (χ4v) is 2.20. The van der Waals surface area contributed by atoms with E-state index in [0.29, 0.717) is 0 Å². The first-order valence-corrected chi connectivity index (χ1v) is 7.76. The van der Waals surface area contributed by atoms with Crippen LogP contribution in [0.5, 0.6) is 0 Å². The van der Waals surface area contributed by atoms with Gasteiger partial charge in [-0.2, -0.15) is 0 Å². The number of rotatable bonds is 11. The molecule has 1 unspecified atom stereocenters. The molecule has 0 aliphatic rings. The lowest BCUT2D eigenvalue weighted by Gasteiger charge is -2.35. The Hall–Kier alpha value is -2.20. The van der Waals surface area contributed by atoms with E-state index in [2.05, 4.69) is 5.32 Å². The lowest BCUT2D eigenvalue weighted by molar-refractivity contribution is -0.185. The maximum absolute atomic E-state index is 11.6. The van der Waals surface area contributed by atoms with Crippen molar-refractivity contribution in [2.75, 3.05) is 27.4 Å². The Kier molecular flexibility index (Phi) is 10.3. The molecule has 1 N–H and O–H groups in total. The highest BCUT2D eigenvalue weighted by Gasteiger charge is 2.40. The molecular weight excluding hydrogens is 350 g/mol. The smallest absolute Gasteiger partial charge is 0.303 e. The topological polar surface area (TPSA) is 126 Å². The van der Waals surface area contributed by atoms with Gasteiger partial charge in [0, 0.05) is 41.9 Å². The predicted molar refractivity (Wildman–Crippen MR) is 88.0 cm³/mol. The molecule has 0 saturated heterocycles. The van der Waals surface area contributed by atoms with Crippen molar-refractivity contribution in [3.63, 3.8) is 0 Å². The van der Waals surface area contributed by atoms with Crippen molar-refractivity contribution in [1.82, 2.24) is 5.32 Å². The fourth-order valence-electron chi connectivity index (χ4n) is 2.20. The Morgan fingerprint density at radius 3 is 1.88 bits per heavy atom. The number of esters is 3. The summed E-state index contributed by atoms with van der Waals surface area (Å²) in [4.78, 5) is 45.8. The summed E-state index contributed by atoms with van der Waals surface area (Å²) in [6.45, 7) is 2.86. The summed E-state index contributed by atoms with van der Waals surface area (Å²) in [6.07, 6.45) is -3.54. The van der Waals surface area contributed by atoms with Crippen molar-refractivity contribution >= 4 is 23.8 Å². The zero-order valence-electron chi connectivity index (χ0n) is 16.8. The first kappa shape index (κ1) is 21.8. The Labute approximate surface area is 153 Å². The van der Waals surface area contributed by atoms with Gasteiger partial charge in [0.2, 0.25) is 5.91 Å². The Bertz CT molecular complexity index is 528. The minimum atomic E-state index is -1.57. The molecule has 0 aromatic heterocycles. The quantitative estimate of drug-likeness (QED) is 0.377. The minimum Gasteiger partial charge on any atom is -0.464 e. The molecule has 0 aliphatic heterocycles. The summed E-state index contributed by atoms with van der Waals surface area (Å²) in [5, 5.41) is 2.44. The van der Waals surface area contributed by atoms with Crippen molar-refractivity contribution < 1.29 is 44.2 Å². The van der Waals surface area contributed by atoms with E-state index in [1.54, 1.807) is 0 Å². The Morgan fingerprint density at radius 2 is 1.50 bits per heavy atom. The number of carbonyl (C=O) groups excluding carboxylic acids is 4. The molecule has 0 aromatic rings. The molecular formula is C16H27NO9. The zero-order chi connectivity index (χ0) is 21.1. The molecule has 0 fully saturated rings.